The van der Waals surface area contributed by atoms with Crippen molar-refractivity contribution in [1.29, 1.82) is 0 Å². The third-order valence-electron chi connectivity index (χ3n) is 3.58. The van der Waals surface area contributed by atoms with Crippen LogP contribution in [0, 0.1) is 0 Å². The van der Waals surface area contributed by atoms with Crippen LogP contribution in [0.15, 0.2) is 24.3 Å². The maximum atomic E-state index is 6.21. The average Bonchev–Trinajstić information content (AvgIpc) is 3.01. The smallest absolute Gasteiger partial charge is 0.122 e. The van der Waals surface area contributed by atoms with E-state index in [9.17, 15) is 0 Å². The average molecular weight is 328 g/mol. The van der Waals surface area contributed by atoms with Gasteiger partial charge in [-0.3, -0.25) is 0 Å². The summed E-state index contributed by atoms with van der Waals surface area (Å²) in [6.07, 6.45) is 2.78. The summed E-state index contributed by atoms with van der Waals surface area (Å²) in [4.78, 5) is 0. The Kier molecular flexibility index (Phi) is 4.22. The third kappa shape index (κ3) is 2.96. The molecule has 0 spiro atoms. The van der Waals surface area contributed by atoms with E-state index in [2.05, 4.69) is 18.2 Å². The van der Waals surface area contributed by atoms with E-state index in [4.69, 9.17) is 33.7 Å². The van der Waals surface area contributed by atoms with Crippen molar-refractivity contribution in [3.63, 3.8) is 0 Å². The SMILES string of the molecule is NC(CCc1ccc2c(c1)CCO2)c1cc(Cl)sc1Cl. The van der Waals surface area contributed by atoms with Crippen LogP contribution in [0.4, 0.5) is 0 Å². The van der Waals surface area contributed by atoms with Gasteiger partial charge in [-0.25, -0.2) is 0 Å². The lowest BCUT2D eigenvalue weighted by atomic mass is 10.00. The van der Waals surface area contributed by atoms with Crippen LogP contribution in [0.5, 0.6) is 5.75 Å². The standard InChI is InChI=1S/C15H15Cl2NOS/c16-14-8-11(15(17)20-14)12(18)3-1-9-2-4-13-10(7-9)5-6-19-13/h2,4,7-8,12H,1,3,5-6,18H2. The van der Waals surface area contributed by atoms with Crippen LogP contribution >= 0.6 is 34.5 Å². The first-order valence-corrected chi connectivity index (χ1v) is 8.15. The number of halogens is 2. The van der Waals surface area contributed by atoms with Crippen molar-refractivity contribution < 1.29 is 4.74 Å². The maximum absolute atomic E-state index is 6.21. The molecule has 2 heterocycles. The Morgan fingerprint density at radius 1 is 1.30 bits per heavy atom. The molecule has 1 aromatic heterocycles. The Morgan fingerprint density at radius 2 is 2.15 bits per heavy atom. The molecule has 0 saturated heterocycles. The van der Waals surface area contributed by atoms with Gasteiger partial charge in [-0.2, -0.15) is 0 Å². The van der Waals surface area contributed by atoms with Crippen molar-refractivity contribution in [3.8, 4) is 5.75 Å². The van der Waals surface area contributed by atoms with E-state index in [0.29, 0.717) is 8.67 Å². The van der Waals surface area contributed by atoms with Crippen LogP contribution in [-0.2, 0) is 12.8 Å². The van der Waals surface area contributed by atoms with Gasteiger partial charge >= 0.3 is 0 Å². The van der Waals surface area contributed by atoms with Gasteiger partial charge in [0.15, 0.2) is 0 Å². The largest absolute Gasteiger partial charge is 0.493 e. The van der Waals surface area contributed by atoms with Gasteiger partial charge in [-0.1, -0.05) is 35.3 Å². The molecule has 2 N–H and O–H groups in total. The first kappa shape index (κ1) is 14.2. The maximum Gasteiger partial charge on any atom is 0.122 e. The summed E-state index contributed by atoms with van der Waals surface area (Å²) in [6.45, 7) is 0.793. The molecule has 1 unspecified atom stereocenters. The van der Waals surface area contributed by atoms with Crippen LogP contribution in [-0.4, -0.2) is 6.61 Å². The molecule has 0 amide bonds. The molecular formula is C15H15Cl2NOS. The number of benzene rings is 1. The van der Waals surface area contributed by atoms with Crippen molar-refractivity contribution in [2.24, 2.45) is 5.73 Å². The fraction of sp³-hybridized carbons (Fsp3) is 0.333. The van der Waals surface area contributed by atoms with E-state index >= 15 is 0 Å². The van der Waals surface area contributed by atoms with Gasteiger partial charge in [0.1, 0.15) is 5.75 Å². The van der Waals surface area contributed by atoms with Crippen molar-refractivity contribution in [2.75, 3.05) is 6.61 Å². The van der Waals surface area contributed by atoms with Crippen LogP contribution in [0.3, 0.4) is 0 Å². The summed E-state index contributed by atoms with van der Waals surface area (Å²) < 4.78 is 6.90. The van der Waals surface area contributed by atoms with Crippen LogP contribution in [0.1, 0.15) is 29.2 Å². The molecule has 5 heteroatoms. The van der Waals surface area contributed by atoms with Gasteiger partial charge < -0.3 is 10.5 Å². The zero-order valence-corrected chi connectivity index (χ0v) is 13.2. The van der Waals surface area contributed by atoms with E-state index in [1.54, 1.807) is 0 Å². The minimum Gasteiger partial charge on any atom is -0.493 e. The number of aryl methyl sites for hydroxylation is 1. The van der Waals surface area contributed by atoms with E-state index in [0.717, 1.165) is 37.2 Å². The number of hydrogen-bond donors (Lipinski definition) is 1. The molecule has 1 aliphatic heterocycles. The highest BCUT2D eigenvalue weighted by molar-refractivity contribution is 7.20. The quantitative estimate of drug-likeness (QED) is 0.889. The number of nitrogens with two attached hydrogens (primary N) is 1. The van der Waals surface area contributed by atoms with Crippen molar-refractivity contribution >= 4 is 34.5 Å². The van der Waals surface area contributed by atoms with E-state index in [1.807, 2.05) is 6.07 Å². The minimum atomic E-state index is -0.0734. The Morgan fingerprint density at radius 3 is 2.90 bits per heavy atom. The van der Waals surface area contributed by atoms with Crippen LogP contribution < -0.4 is 10.5 Å². The van der Waals surface area contributed by atoms with E-state index < -0.39 is 0 Å². The predicted molar refractivity (Wildman–Crippen MR) is 85.2 cm³/mol. The summed E-state index contributed by atoms with van der Waals surface area (Å²) in [5, 5.41) is 0. The summed E-state index contributed by atoms with van der Waals surface area (Å²) in [6, 6.07) is 8.18. The molecule has 1 aliphatic rings. The Hall–Kier alpha value is -0.740. The Balaban J connectivity index is 1.66. The summed E-state index contributed by atoms with van der Waals surface area (Å²) in [7, 11) is 0. The van der Waals surface area contributed by atoms with Gasteiger partial charge in [0.25, 0.3) is 0 Å². The molecule has 20 heavy (non-hydrogen) atoms. The highest BCUT2D eigenvalue weighted by Gasteiger charge is 2.15. The fourth-order valence-corrected chi connectivity index (χ4v) is 4.08. The molecule has 1 atom stereocenters. The molecule has 106 valence electrons. The summed E-state index contributed by atoms with van der Waals surface area (Å²) in [5.74, 6) is 1.02. The van der Waals surface area contributed by atoms with E-state index in [1.165, 1.54) is 22.5 Å². The lowest BCUT2D eigenvalue weighted by Gasteiger charge is -2.11. The molecule has 0 aliphatic carbocycles. The lowest BCUT2D eigenvalue weighted by molar-refractivity contribution is 0.357. The molecule has 1 aromatic carbocycles. The first-order chi connectivity index (χ1) is 9.63. The normalized spacial score (nSPS) is 14.9. The van der Waals surface area contributed by atoms with Gasteiger partial charge in [-0.05, 0) is 41.7 Å². The van der Waals surface area contributed by atoms with Gasteiger partial charge in [0.05, 0.1) is 15.3 Å². The fourth-order valence-electron chi connectivity index (χ4n) is 2.48. The molecule has 0 bridgehead atoms. The first-order valence-electron chi connectivity index (χ1n) is 6.58. The van der Waals surface area contributed by atoms with Crippen molar-refractivity contribution in [3.05, 3.63) is 49.6 Å². The number of fused-ring (bicyclic) bond motifs is 1. The Labute approximate surface area is 132 Å². The molecule has 0 saturated carbocycles. The zero-order chi connectivity index (χ0) is 14.1. The molecule has 3 rings (SSSR count). The highest BCUT2D eigenvalue weighted by Crippen LogP contribution is 2.35. The second-order valence-electron chi connectivity index (χ2n) is 4.97. The number of thiophene rings is 1. The molecule has 0 radical (unpaired) electrons. The molecular weight excluding hydrogens is 313 g/mol. The lowest BCUT2D eigenvalue weighted by Crippen LogP contribution is -2.10. The van der Waals surface area contributed by atoms with Crippen molar-refractivity contribution in [1.82, 2.24) is 0 Å². The topological polar surface area (TPSA) is 35.2 Å². The second kappa shape index (κ2) is 5.94. The Bertz CT molecular complexity index is 626. The molecule has 0 fully saturated rings. The number of hydrogen-bond acceptors (Lipinski definition) is 3. The number of rotatable bonds is 4. The second-order valence-corrected chi connectivity index (χ2v) is 7.25. The monoisotopic (exact) mass is 327 g/mol. The zero-order valence-electron chi connectivity index (χ0n) is 10.9. The summed E-state index contributed by atoms with van der Waals surface area (Å²) >= 11 is 13.5. The van der Waals surface area contributed by atoms with Gasteiger partial charge in [0.2, 0.25) is 0 Å². The van der Waals surface area contributed by atoms with Gasteiger partial charge in [-0.15, -0.1) is 11.3 Å². The molecule has 2 nitrogen and oxygen atoms in total. The minimum absolute atomic E-state index is 0.0734. The van der Waals surface area contributed by atoms with Crippen LogP contribution in [0.25, 0.3) is 0 Å². The number of ether oxygens (including phenoxy) is 1. The highest BCUT2D eigenvalue weighted by atomic mass is 35.5. The predicted octanol–water partition coefficient (Wildman–Crippen LogP) is 4.62. The molecule has 2 aromatic rings. The van der Waals surface area contributed by atoms with Crippen LogP contribution in [0.2, 0.25) is 8.67 Å². The van der Waals surface area contributed by atoms with Gasteiger partial charge in [0, 0.05) is 12.5 Å². The summed E-state index contributed by atoms with van der Waals surface area (Å²) in [5.41, 5.74) is 9.75. The van der Waals surface area contributed by atoms with E-state index in [-0.39, 0.29) is 6.04 Å². The van der Waals surface area contributed by atoms with Crippen molar-refractivity contribution in [2.45, 2.75) is 25.3 Å². The third-order valence-corrected chi connectivity index (χ3v) is 5.10.